The van der Waals surface area contributed by atoms with E-state index in [9.17, 15) is 9.59 Å². The van der Waals surface area contributed by atoms with Gasteiger partial charge in [0.25, 0.3) is 0 Å². The summed E-state index contributed by atoms with van der Waals surface area (Å²) in [6, 6.07) is 23.5. The maximum Gasteiger partial charge on any atom is 0.363 e. The fourth-order valence-electron chi connectivity index (χ4n) is 3.18. The van der Waals surface area contributed by atoms with Crippen molar-refractivity contribution in [2.24, 2.45) is 4.99 Å². The Morgan fingerprint density at radius 2 is 1.56 bits per heavy atom. The highest BCUT2D eigenvalue weighted by Crippen LogP contribution is 2.25. The van der Waals surface area contributed by atoms with Crippen molar-refractivity contribution >= 4 is 23.9 Å². The first-order valence-electron chi connectivity index (χ1n) is 10.3. The normalized spacial score (nSPS) is 14.8. The van der Waals surface area contributed by atoms with E-state index in [0.717, 1.165) is 11.1 Å². The molecule has 0 saturated heterocycles. The average molecular weight is 425 g/mol. The van der Waals surface area contributed by atoms with Crippen LogP contribution in [0.5, 0.6) is 5.75 Å². The third-order valence-corrected chi connectivity index (χ3v) is 5.02. The Morgan fingerprint density at radius 3 is 2.19 bits per heavy atom. The van der Waals surface area contributed by atoms with E-state index in [0.29, 0.717) is 11.3 Å². The lowest BCUT2D eigenvalue weighted by atomic mass is 9.87. The molecular weight excluding hydrogens is 402 g/mol. The molecule has 5 nitrogen and oxygen atoms in total. The molecule has 0 N–H and O–H groups in total. The number of carbonyl (C=O) groups excluding carboxylic acids is 2. The van der Waals surface area contributed by atoms with Gasteiger partial charge in [-0.05, 0) is 59.0 Å². The van der Waals surface area contributed by atoms with Crippen molar-refractivity contribution in [3.8, 4) is 5.75 Å². The van der Waals surface area contributed by atoms with Crippen LogP contribution < -0.4 is 4.74 Å². The van der Waals surface area contributed by atoms with E-state index in [2.05, 4.69) is 25.8 Å². The zero-order chi connectivity index (χ0) is 22.7. The number of aliphatic imine (C=N–C) groups is 1. The Hall–Kier alpha value is -3.99. The van der Waals surface area contributed by atoms with Gasteiger partial charge in [0.05, 0.1) is 5.56 Å². The summed E-state index contributed by atoms with van der Waals surface area (Å²) < 4.78 is 10.7. The van der Waals surface area contributed by atoms with Crippen LogP contribution >= 0.6 is 0 Å². The first-order valence-corrected chi connectivity index (χ1v) is 10.3. The molecule has 5 heteroatoms. The minimum Gasteiger partial charge on any atom is -0.423 e. The SMILES string of the molecule is CC(C)(C)c1ccc(C2=NC(=Cc3ccc(OC(=O)c4ccccc4)cc3)C(=O)O2)cc1. The van der Waals surface area contributed by atoms with Gasteiger partial charge in [-0.2, -0.15) is 0 Å². The number of nitrogens with zero attached hydrogens (tertiary/aromatic N) is 1. The van der Waals surface area contributed by atoms with Crippen LogP contribution in [-0.2, 0) is 14.9 Å². The standard InChI is InChI=1S/C27H23NO4/c1-27(2,3)21-13-11-19(12-14-21)24-28-23(26(30)32-24)17-18-9-15-22(16-10-18)31-25(29)20-7-5-4-6-8-20/h4-17H,1-3H3. The van der Waals surface area contributed by atoms with Gasteiger partial charge < -0.3 is 9.47 Å². The molecule has 160 valence electrons. The van der Waals surface area contributed by atoms with Crippen LogP contribution in [0.4, 0.5) is 0 Å². The molecule has 32 heavy (non-hydrogen) atoms. The lowest BCUT2D eigenvalue weighted by Gasteiger charge is -2.18. The van der Waals surface area contributed by atoms with Gasteiger partial charge in [-0.25, -0.2) is 14.6 Å². The van der Waals surface area contributed by atoms with Crippen molar-refractivity contribution in [1.29, 1.82) is 0 Å². The second kappa shape index (κ2) is 8.63. The highest BCUT2D eigenvalue weighted by molar-refractivity contribution is 6.12. The Labute approximate surface area is 187 Å². The zero-order valence-electron chi connectivity index (χ0n) is 18.2. The van der Waals surface area contributed by atoms with Crippen LogP contribution in [0.1, 0.15) is 47.8 Å². The van der Waals surface area contributed by atoms with E-state index >= 15 is 0 Å². The van der Waals surface area contributed by atoms with Gasteiger partial charge in [0.1, 0.15) is 5.75 Å². The predicted molar refractivity (Wildman–Crippen MR) is 124 cm³/mol. The molecule has 1 heterocycles. The summed E-state index contributed by atoms with van der Waals surface area (Å²) in [5, 5.41) is 0. The second-order valence-electron chi connectivity index (χ2n) is 8.49. The molecule has 0 aliphatic carbocycles. The van der Waals surface area contributed by atoms with E-state index in [4.69, 9.17) is 9.47 Å². The van der Waals surface area contributed by atoms with Gasteiger partial charge >= 0.3 is 11.9 Å². The van der Waals surface area contributed by atoms with Gasteiger partial charge in [0, 0.05) is 5.56 Å². The number of hydrogen-bond donors (Lipinski definition) is 0. The minimum atomic E-state index is -0.500. The highest BCUT2D eigenvalue weighted by Gasteiger charge is 2.24. The molecule has 3 aromatic carbocycles. The monoisotopic (exact) mass is 425 g/mol. The summed E-state index contributed by atoms with van der Waals surface area (Å²) in [5.74, 6) is -0.226. The molecule has 0 atom stereocenters. The van der Waals surface area contributed by atoms with Crippen LogP contribution in [0, 0.1) is 0 Å². The topological polar surface area (TPSA) is 65.0 Å². The Bertz CT molecular complexity index is 1200. The number of carbonyl (C=O) groups is 2. The fourth-order valence-corrected chi connectivity index (χ4v) is 3.18. The smallest absolute Gasteiger partial charge is 0.363 e. The molecule has 1 aliphatic heterocycles. The quantitative estimate of drug-likeness (QED) is 0.312. The fraction of sp³-hybridized carbons (Fsp3) is 0.148. The molecule has 1 aliphatic rings. The highest BCUT2D eigenvalue weighted by atomic mass is 16.6. The summed E-state index contributed by atoms with van der Waals surface area (Å²) >= 11 is 0. The van der Waals surface area contributed by atoms with Gasteiger partial charge in [0.15, 0.2) is 5.70 Å². The van der Waals surface area contributed by atoms with Crippen LogP contribution in [0.3, 0.4) is 0 Å². The number of ether oxygens (including phenoxy) is 2. The van der Waals surface area contributed by atoms with Gasteiger partial charge in [0.2, 0.25) is 5.90 Å². The predicted octanol–water partition coefficient (Wildman–Crippen LogP) is 5.55. The van der Waals surface area contributed by atoms with E-state index in [-0.39, 0.29) is 17.0 Å². The Kier molecular flexibility index (Phi) is 5.73. The van der Waals surface area contributed by atoms with E-state index in [1.807, 2.05) is 30.3 Å². The number of rotatable bonds is 4. The number of hydrogen-bond acceptors (Lipinski definition) is 5. The molecule has 0 unspecified atom stereocenters. The van der Waals surface area contributed by atoms with Gasteiger partial charge in [-0.15, -0.1) is 0 Å². The summed E-state index contributed by atoms with van der Waals surface area (Å²) in [6.45, 7) is 6.43. The second-order valence-corrected chi connectivity index (χ2v) is 8.49. The number of benzene rings is 3. The van der Waals surface area contributed by atoms with Crippen molar-refractivity contribution < 1.29 is 19.1 Å². The van der Waals surface area contributed by atoms with Crippen LogP contribution in [0.15, 0.2) is 89.6 Å². The third-order valence-electron chi connectivity index (χ3n) is 5.02. The van der Waals surface area contributed by atoms with Gasteiger partial charge in [-0.3, -0.25) is 0 Å². The molecule has 0 fully saturated rings. The maximum absolute atomic E-state index is 12.3. The Balaban J connectivity index is 1.48. The van der Waals surface area contributed by atoms with Crippen molar-refractivity contribution in [2.75, 3.05) is 0 Å². The first kappa shape index (κ1) is 21.2. The molecule has 4 rings (SSSR count). The van der Waals surface area contributed by atoms with Crippen molar-refractivity contribution in [1.82, 2.24) is 0 Å². The zero-order valence-corrected chi connectivity index (χ0v) is 18.2. The van der Waals surface area contributed by atoms with Gasteiger partial charge in [-0.1, -0.05) is 63.2 Å². The number of cyclic esters (lactones) is 1. The summed E-state index contributed by atoms with van der Waals surface area (Å²) in [5.41, 5.74) is 3.41. The molecule has 0 amide bonds. The maximum atomic E-state index is 12.3. The van der Waals surface area contributed by atoms with Crippen LogP contribution in [0.25, 0.3) is 6.08 Å². The van der Waals surface area contributed by atoms with Crippen molar-refractivity contribution in [3.05, 3.63) is 107 Å². The van der Waals surface area contributed by atoms with Crippen molar-refractivity contribution in [2.45, 2.75) is 26.2 Å². The first-order chi connectivity index (χ1) is 15.3. The van der Waals surface area contributed by atoms with E-state index < -0.39 is 11.9 Å². The number of esters is 2. The third kappa shape index (κ3) is 4.83. The molecule has 0 saturated carbocycles. The Morgan fingerprint density at radius 1 is 0.906 bits per heavy atom. The lowest BCUT2D eigenvalue weighted by Crippen LogP contribution is -2.11. The van der Waals surface area contributed by atoms with E-state index in [1.165, 1.54) is 5.56 Å². The summed E-state index contributed by atoms with van der Waals surface area (Å²) in [4.78, 5) is 28.8. The lowest BCUT2D eigenvalue weighted by molar-refractivity contribution is -0.129. The minimum absolute atomic E-state index is 0.0410. The van der Waals surface area contributed by atoms with E-state index in [1.54, 1.807) is 54.6 Å². The molecule has 3 aromatic rings. The van der Waals surface area contributed by atoms with Crippen LogP contribution in [0.2, 0.25) is 0 Å². The van der Waals surface area contributed by atoms with Crippen LogP contribution in [-0.4, -0.2) is 17.8 Å². The summed E-state index contributed by atoms with van der Waals surface area (Å²) in [7, 11) is 0. The molecule has 0 bridgehead atoms. The molecule has 0 spiro atoms. The van der Waals surface area contributed by atoms with Crippen molar-refractivity contribution in [3.63, 3.8) is 0 Å². The average Bonchev–Trinajstić information content (AvgIpc) is 3.15. The molecule has 0 radical (unpaired) electrons. The largest absolute Gasteiger partial charge is 0.423 e. The molecule has 0 aromatic heterocycles. The summed E-state index contributed by atoms with van der Waals surface area (Å²) in [6.07, 6.45) is 1.64. The molecular formula is C27H23NO4.